The van der Waals surface area contributed by atoms with Crippen LogP contribution in [0.15, 0.2) is 30.3 Å². The predicted molar refractivity (Wildman–Crippen MR) is 78.8 cm³/mol. The van der Waals surface area contributed by atoms with Crippen molar-refractivity contribution in [3.8, 4) is 0 Å². The van der Waals surface area contributed by atoms with Crippen LogP contribution in [-0.2, 0) is 11.3 Å². The van der Waals surface area contributed by atoms with Gasteiger partial charge in [0.05, 0.1) is 6.61 Å². The first kappa shape index (κ1) is 15.2. The van der Waals surface area contributed by atoms with Crippen LogP contribution in [0.2, 0.25) is 0 Å². The number of benzene rings is 1. The molecule has 1 aromatic heterocycles. The fourth-order valence-electron chi connectivity index (χ4n) is 1.90. The molecule has 0 unspecified atom stereocenters. The van der Waals surface area contributed by atoms with Gasteiger partial charge in [0.1, 0.15) is 0 Å². The van der Waals surface area contributed by atoms with Crippen LogP contribution in [0.1, 0.15) is 12.5 Å². The largest absolute Gasteiger partial charge is 0.380 e. The van der Waals surface area contributed by atoms with Crippen LogP contribution >= 0.6 is 0 Å². The van der Waals surface area contributed by atoms with E-state index in [-0.39, 0.29) is 11.6 Å². The standard InChI is InChI=1S/C15H17F2N3O/c1-3-18-14-11(16)8-12(17)15(20-14)19-13-7-5-4-6-10(13)9-21-2/h4-8H,3,9H2,1-2H3,(H2,18,19,20). The van der Waals surface area contributed by atoms with E-state index in [1.807, 2.05) is 25.1 Å². The van der Waals surface area contributed by atoms with E-state index in [1.165, 1.54) is 0 Å². The van der Waals surface area contributed by atoms with Gasteiger partial charge in [-0.2, -0.15) is 0 Å². The normalized spacial score (nSPS) is 10.5. The molecule has 6 heteroatoms. The maximum atomic E-state index is 13.8. The SMILES string of the molecule is CCNc1nc(Nc2ccccc2COC)c(F)cc1F. The zero-order valence-electron chi connectivity index (χ0n) is 11.9. The molecule has 0 bridgehead atoms. The summed E-state index contributed by atoms with van der Waals surface area (Å²) < 4.78 is 32.5. The fourth-order valence-corrected chi connectivity index (χ4v) is 1.90. The van der Waals surface area contributed by atoms with Crippen LogP contribution in [0.3, 0.4) is 0 Å². The van der Waals surface area contributed by atoms with E-state index in [4.69, 9.17) is 4.74 Å². The number of aromatic nitrogens is 1. The van der Waals surface area contributed by atoms with Gasteiger partial charge < -0.3 is 15.4 Å². The average molecular weight is 293 g/mol. The third-order valence-electron chi connectivity index (χ3n) is 2.84. The molecular weight excluding hydrogens is 276 g/mol. The second-order valence-corrected chi connectivity index (χ2v) is 4.39. The van der Waals surface area contributed by atoms with Crippen molar-refractivity contribution in [3.63, 3.8) is 0 Å². The summed E-state index contributed by atoms with van der Waals surface area (Å²) >= 11 is 0. The molecule has 4 nitrogen and oxygen atoms in total. The highest BCUT2D eigenvalue weighted by Crippen LogP contribution is 2.25. The molecule has 0 saturated carbocycles. The van der Waals surface area contributed by atoms with E-state index < -0.39 is 11.6 Å². The summed E-state index contributed by atoms with van der Waals surface area (Å²) in [6, 6.07) is 8.13. The molecule has 0 aliphatic rings. The first-order chi connectivity index (χ1) is 10.2. The number of anilines is 3. The molecule has 0 aliphatic carbocycles. The van der Waals surface area contributed by atoms with Gasteiger partial charge >= 0.3 is 0 Å². The minimum atomic E-state index is -0.749. The maximum Gasteiger partial charge on any atom is 0.169 e. The number of hydrogen-bond acceptors (Lipinski definition) is 4. The number of nitrogens with one attached hydrogen (secondary N) is 2. The number of rotatable bonds is 6. The molecule has 0 aliphatic heterocycles. The van der Waals surface area contributed by atoms with Gasteiger partial charge in [0, 0.05) is 31.0 Å². The Morgan fingerprint density at radius 1 is 1.14 bits per heavy atom. The Morgan fingerprint density at radius 3 is 2.57 bits per heavy atom. The minimum absolute atomic E-state index is 0.0191. The Balaban J connectivity index is 2.33. The zero-order chi connectivity index (χ0) is 15.2. The molecule has 0 saturated heterocycles. The van der Waals surface area contributed by atoms with Crippen LogP contribution in [0.25, 0.3) is 0 Å². The Kier molecular flexibility index (Phi) is 5.05. The number of hydrogen-bond donors (Lipinski definition) is 2. The third kappa shape index (κ3) is 3.66. The molecule has 2 aromatic rings. The topological polar surface area (TPSA) is 46.2 Å². The van der Waals surface area contributed by atoms with Crippen LogP contribution in [0.5, 0.6) is 0 Å². The van der Waals surface area contributed by atoms with Crippen LogP contribution in [0.4, 0.5) is 26.1 Å². The number of nitrogens with zero attached hydrogens (tertiary/aromatic N) is 1. The van der Waals surface area contributed by atoms with Crippen molar-refractivity contribution in [2.24, 2.45) is 0 Å². The van der Waals surface area contributed by atoms with E-state index in [0.717, 1.165) is 11.6 Å². The minimum Gasteiger partial charge on any atom is -0.380 e. The molecule has 0 radical (unpaired) electrons. The lowest BCUT2D eigenvalue weighted by molar-refractivity contribution is 0.185. The van der Waals surface area contributed by atoms with Crippen molar-refractivity contribution in [1.29, 1.82) is 0 Å². The van der Waals surface area contributed by atoms with Gasteiger partial charge in [-0.1, -0.05) is 18.2 Å². The second kappa shape index (κ2) is 6.99. The Morgan fingerprint density at radius 2 is 1.86 bits per heavy atom. The molecule has 0 spiro atoms. The van der Waals surface area contributed by atoms with E-state index >= 15 is 0 Å². The van der Waals surface area contributed by atoms with E-state index in [0.29, 0.717) is 18.8 Å². The zero-order valence-corrected chi connectivity index (χ0v) is 11.9. The van der Waals surface area contributed by atoms with Crippen molar-refractivity contribution in [2.75, 3.05) is 24.3 Å². The summed E-state index contributed by atoms with van der Waals surface area (Å²) in [4.78, 5) is 3.95. The van der Waals surface area contributed by atoms with E-state index in [9.17, 15) is 8.78 Å². The van der Waals surface area contributed by atoms with Gasteiger partial charge in [-0.25, -0.2) is 13.8 Å². The lowest BCUT2D eigenvalue weighted by Gasteiger charge is -2.13. The Bertz CT molecular complexity index is 620. The number of methoxy groups -OCH3 is 1. The molecule has 1 aromatic carbocycles. The van der Waals surface area contributed by atoms with Crippen molar-refractivity contribution in [3.05, 3.63) is 47.5 Å². The highest BCUT2D eigenvalue weighted by atomic mass is 19.1. The molecule has 0 atom stereocenters. The van der Waals surface area contributed by atoms with Crippen LogP contribution in [-0.4, -0.2) is 18.6 Å². The van der Waals surface area contributed by atoms with Gasteiger partial charge in [0.2, 0.25) is 0 Å². The van der Waals surface area contributed by atoms with Crippen molar-refractivity contribution >= 4 is 17.3 Å². The molecular formula is C15H17F2N3O. The molecule has 2 N–H and O–H groups in total. The Labute approximate surface area is 122 Å². The summed E-state index contributed by atoms with van der Waals surface area (Å²) in [5.74, 6) is -1.48. The molecule has 21 heavy (non-hydrogen) atoms. The summed E-state index contributed by atoms with van der Waals surface area (Å²) in [5, 5.41) is 5.63. The monoisotopic (exact) mass is 293 g/mol. The number of pyridine rings is 1. The lowest BCUT2D eigenvalue weighted by atomic mass is 10.2. The molecule has 112 valence electrons. The van der Waals surface area contributed by atoms with Crippen LogP contribution in [0, 0.1) is 11.6 Å². The van der Waals surface area contributed by atoms with Gasteiger partial charge in [0.15, 0.2) is 23.3 Å². The first-order valence-electron chi connectivity index (χ1n) is 6.59. The van der Waals surface area contributed by atoms with Crippen molar-refractivity contribution < 1.29 is 13.5 Å². The molecule has 1 heterocycles. The summed E-state index contributed by atoms with van der Waals surface area (Å²) in [6.45, 7) is 2.69. The summed E-state index contributed by atoms with van der Waals surface area (Å²) in [7, 11) is 1.58. The van der Waals surface area contributed by atoms with Gasteiger partial charge in [-0.3, -0.25) is 0 Å². The molecule has 0 amide bonds. The number of ether oxygens (including phenoxy) is 1. The quantitative estimate of drug-likeness (QED) is 0.853. The second-order valence-electron chi connectivity index (χ2n) is 4.39. The molecule has 0 fully saturated rings. The summed E-state index contributed by atoms with van der Waals surface area (Å²) in [5.41, 5.74) is 1.52. The van der Waals surface area contributed by atoms with Gasteiger partial charge in [-0.15, -0.1) is 0 Å². The van der Waals surface area contributed by atoms with Gasteiger partial charge in [-0.05, 0) is 13.0 Å². The average Bonchev–Trinajstić information content (AvgIpc) is 2.46. The van der Waals surface area contributed by atoms with Crippen LogP contribution < -0.4 is 10.6 Å². The van der Waals surface area contributed by atoms with Gasteiger partial charge in [0.25, 0.3) is 0 Å². The fraction of sp³-hybridized carbons (Fsp3) is 0.267. The highest BCUT2D eigenvalue weighted by molar-refractivity contribution is 5.62. The van der Waals surface area contributed by atoms with E-state index in [1.54, 1.807) is 13.2 Å². The maximum absolute atomic E-state index is 13.8. The highest BCUT2D eigenvalue weighted by Gasteiger charge is 2.12. The number of para-hydroxylation sites is 1. The molecule has 2 rings (SSSR count). The lowest BCUT2D eigenvalue weighted by Crippen LogP contribution is -2.07. The predicted octanol–water partition coefficient (Wildman–Crippen LogP) is 3.68. The third-order valence-corrected chi connectivity index (χ3v) is 2.84. The Hall–Kier alpha value is -2.21. The van der Waals surface area contributed by atoms with Crippen molar-refractivity contribution in [1.82, 2.24) is 4.98 Å². The first-order valence-corrected chi connectivity index (χ1v) is 6.59. The smallest absolute Gasteiger partial charge is 0.169 e. The van der Waals surface area contributed by atoms with Crippen molar-refractivity contribution in [2.45, 2.75) is 13.5 Å². The van der Waals surface area contributed by atoms with E-state index in [2.05, 4.69) is 15.6 Å². The summed E-state index contributed by atoms with van der Waals surface area (Å²) in [6.07, 6.45) is 0. The number of halogens is 2.